The molecule has 1 heterocycles. The maximum absolute atomic E-state index is 13.6. The highest BCUT2D eigenvalue weighted by Crippen LogP contribution is 2.28. The molecule has 0 radical (unpaired) electrons. The van der Waals surface area contributed by atoms with Crippen molar-refractivity contribution in [3.63, 3.8) is 0 Å². The zero-order chi connectivity index (χ0) is 29.2. The number of aromatic nitrogens is 1. The van der Waals surface area contributed by atoms with E-state index in [4.69, 9.17) is 14.6 Å². The topological polar surface area (TPSA) is 98.0 Å². The van der Waals surface area contributed by atoms with E-state index in [1.165, 1.54) is 6.07 Å². The summed E-state index contributed by atoms with van der Waals surface area (Å²) in [6.07, 6.45) is 7.74. The fraction of sp³-hybridized carbons (Fsp3) is 0.273. The molecule has 4 aromatic rings. The second-order valence-corrected chi connectivity index (χ2v) is 9.83. The number of ether oxygens (including phenoxy) is 2. The molecule has 2 N–H and O–H groups in total. The van der Waals surface area contributed by atoms with E-state index < -0.39 is 11.9 Å². The Morgan fingerprint density at radius 3 is 2.34 bits per heavy atom. The number of hydrogen-bond acceptors (Lipinski definition) is 4. The van der Waals surface area contributed by atoms with E-state index >= 15 is 0 Å². The summed E-state index contributed by atoms with van der Waals surface area (Å²) in [5.41, 5.74) is 3.96. The van der Waals surface area contributed by atoms with Crippen molar-refractivity contribution in [1.82, 2.24) is 4.57 Å². The predicted octanol–water partition coefficient (Wildman–Crippen LogP) is 6.99. The van der Waals surface area contributed by atoms with E-state index in [0.717, 1.165) is 40.6 Å². The third kappa shape index (κ3) is 8.20. The van der Waals surface area contributed by atoms with E-state index in [2.05, 4.69) is 0 Å². The lowest BCUT2D eigenvalue weighted by Gasteiger charge is -2.10. The molecule has 0 saturated heterocycles. The smallest absolute Gasteiger partial charge is 0.307 e. The third-order valence-corrected chi connectivity index (χ3v) is 6.77. The summed E-state index contributed by atoms with van der Waals surface area (Å²) in [7, 11) is 0. The molecule has 7 nitrogen and oxygen atoms in total. The van der Waals surface area contributed by atoms with Crippen LogP contribution in [0.25, 0.3) is 23.1 Å². The van der Waals surface area contributed by atoms with Crippen LogP contribution in [-0.2, 0) is 22.6 Å². The van der Waals surface area contributed by atoms with Gasteiger partial charge in [-0.1, -0.05) is 42.5 Å². The van der Waals surface area contributed by atoms with Crippen LogP contribution in [0.2, 0.25) is 0 Å². The number of aryl methyl sites for hydroxylation is 1. The van der Waals surface area contributed by atoms with Crippen LogP contribution in [0.4, 0.5) is 4.39 Å². The summed E-state index contributed by atoms with van der Waals surface area (Å²) in [4.78, 5) is 22.5. The highest BCUT2D eigenvalue weighted by molar-refractivity contribution is 5.96. The molecule has 0 aliphatic heterocycles. The second kappa shape index (κ2) is 14.2. The highest BCUT2D eigenvalue weighted by atomic mass is 19.1. The van der Waals surface area contributed by atoms with Gasteiger partial charge in [0.1, 0.15) is 17.3 Å². The molecule has 0 spiro atoms. The highest BCUT2D eigenvalue weighted by Gasteiger charge is 2.14. The third-order valence-electron chi connectivity index (χ3n) is 6.77. The summed E-state index contributed by atoms with van der Waals surface area (Å²) in [6.45, 7) is 3.23. The molecular weight excluding hydrogens is 525 g/mol. The van der Waals surface area contributed by atoms with Gasteiger partial charge < -0.3 is 24.3 Å². The molecule has 41 heavy (non-hydrogen) atoms. The summed E-state index contributed by atoms with van der Waals surface area (Å²) in [6, 6.07) is 18.3. The van der Waals surface area contributed by atoms with Crippen molar-refractivity contribution >= 4 is 35.0 Å². The second-order valence-electron chi connectivity index (χ2n) is 9.83. The fourth-order valence-corrected chi connectivity index (χ4v) is 4.67. The Morgan fingerprint density at radius 1 is 0.878 bits per heavy atom. The number of carboxylic acids is 2. The van der Waals surface area contributed by atoms with Gasteiger partial charge in [0, 0.05) is 35.6 Å². The minimum absolute atomic E-state index is 0.0535. The Labute approximate surface area is 238 Å². The van der Waals surface area contributed by atoms with Crippen molar-refractivity contribution in [2.75, 3.05) is 13.2 Å². The Bertz CT molecular complexity index is 1520. The SMILES string of the molecule is Cc1c(F)cccc1OCCCCOc1ccc(/C=C/c2cccc3c2c(CC(=O)O)cn3CCCC(=O)O)cc1. The van der Waals surface area contributed by atoms with E-state index in [0.29, 0.717) is 43.1 Å². The number of unbranched alkanes of at least 4 members (excludes halogenated alkanes) is 1. The van der Waals surface area contributed by atoms with Crippen LogP contribution in [0.5, 0.6) is 11.5 Å². The Morgan fingerprint density at radius 2 is 1.61 bits per heavy atom. The van der Waals surface area contributed by atoms with Crippen LogP contribution < -0.4 is 9.47 Å². The van der Waals surface area contributed by atoms with E-state index in [1.807, 2.05) is 65.4 Å². The zero-order valence-electron chi connectivity index (χ0n) is 23.0. The number of aliphatic carboxylic acids is 2. The van der Waals surface area contributed by atoms with Gasteiger partial charge >= 0.3 is 11.9 Å². The average Bonchev–Trinajstić information content (AvgIpc) is 3.29. The minimum Gasteiger partial charge on any atom is -0.494 e. The van der Waals surface area contributed by atoms with Crippen molar-refractivity contribution in [1.29, 1.82) is 0 Å². The lowest BCUT2D eigenvalue weighted by atomic mass is 10.0. The van der Waals surface area contributed by atoms with Crippen molar-refractivity contribution in [3.05, 3.63) is 94.9 Å². The Balaban J connectivity index is 1.34. The van der Waals surface area contributed by atoms with Gasteiger partial charge in [0.15, 0.2) is 0 Å². The molecule has 0 aliphatic carbocycles. The van der Waals surface area contributed by atoms with Gasteiger partial charge in [0.2, 0.25) is 0 Å². The number of fused-ring (bicyclic) bond motifs is 1. The van der Waals surface area contributed by atoms with Gasteiger partial charge in [0.25, 0.3) is 0 Å². The molecule has 4 rings (SSSR count). The maximum Gasteiger partial charge on any atom is 0.307 e. The van der Waals surface area contributed by atoms with Gasteiger partial charge in [-0.05, 0) is 73.2 Å². The molecule has 0 atom stereocenters. The molecule has 214 valence electrons. The maximum atomic E-state index is 13.6. The number of carboxylic acid groups (broad SMARTS) is 2. The standard InChI is InChI=1S/C33H34FNO6/c1-23-28(34)8-5-10-30(23)41-20-3-2-19-40-27-16-13-24(14-17-27)12-15-25-7-4-9-29-33(25)26(21-32(38)39)22-35(29)18-6-11-31(36)37/h4-5,7-10,12-17,22H,2-3,6,11,18-21H2,1H3,(H,36,37)(H,38,39)/b15-12+. The lowest BCUT2D eigenvalue weighted by Crippen LogP contribution is -2.03. The molecule has 0 bridgehead atoms. The Kier molecular flexibility index (Phi) is 10.2. The van der Waals surface area contributed by atoms with Gasteiger partial charge in [0.05, 0.1) is 19.6 Å². The van der Waals surface area contributed by atoms with Gasteiger partial charge in [-0.2, -0.15) is 0 Å². The molecule has 0 amide bonds. The van der Waals surface area contributed by atoms with Crippen molar-refractivity contribution in [3.8, 4) is 11.5 Å². The van der Waals surface area contributed by atoms with Crippen LogP contribution in [0.3, 0.4) is 0 Å². The first-order valence-electron chi connectivity index (χ1n) is 13.6. The van der Waals surface area contributed by atoms with Crippen LogP contribution >= 0.6 is 0 Å². The average molecular weight is 560 g/mol. The first kappa shape index (κ1) is 29.4. The number of halogens is 1. The van der Waals surface area contributed by atoms with Gasteiger partial charge in [-0.15, -0.1) is 0 Å². The summed E-state index contributed by atoms with van der Waals surface area (Å²) in [5, 5.41) is 19.3. The van der Waals surface area contributed by atoms with Gasteiger partial charge in [-0.25, -0.2) is 4.39 Å². The zero-order valence-corrected chi connectivity index (χ0v) is 23.0. The normalized spacial score (nSPS) is 11.3. The van der Waals surface area contributed by atoms with E-state index in [-0.39, 0.29) is 18.7 Å². The number of rotatable bonds is 15. The molecule has 0 fully saturated rings. The number of benzene rings is 3. The van der Waals surface area contributed by atoms with Crippen LogP contribution in [0.15, 0.2) is 66.9 Å². The molecule has 3 aromatic carbocycles. The summed E-state index contributed by atoms with van der Waals surface area (Å²) < 4.78 is 27.1. The summed E-state index contributed by atoms with van der Waals surface area (Å²) in [5.74, 6) is -0.716. The molecule has 8 heteroatoms. The summed E-state index contributed by atoms with van der Waals surface area (Å²) >= 11 is 0. The van der Waals surface area contributed by atoms with Crippen LogP contribution in [0.1, 0.15) is 47.9 Å². The molecule has 0 unspecified atom stereocenters. The van der Waals surface area contributed by atoms with E-state index in [9.17, 15) is 19.1 Å². The minimum atomic E-state index is -0.918. The van der Waals surface area contributed by atoms with Crippen LogP contribution in [-0.4, -0.2) is 39.9 Å². The van der Waals surface area contributed by atoms with Crippen LogP contribution in [0, 0.1) is 12.7 Å². The molecule has 1 aromatic heterocycles. The predicted molar refractivity (Wildman–Crippen MR) is 157 cm³/mol. The molecular formula is C33H34FNO6. The van der Waals surface area contributed by atoms with E-state index in [1.54, 1.807) is 19.1 Å². The quantitative estimate of drug-likeness (QED) is 0.120. The first-order valence-corrected chi connectivity index (χ1v) is 13.6. The Hall–Kier alpha value is -4.59. The largest absolute Gasteiger partial charge is 0.494 e. The lowest BCUT2D eigenvalue weighted by molar-refractivity contribution is -0.137. The number of carbonyl (C=O) groups is 2. The van der Waals surface area contributed by atoms with Crippen molar-refractivity contribution in [2.24, 2.45) is 0 Å². The van der Waals surface area contributed by atoms with Crippen molar-refractivity contribution < 1.29 is 33.7 Å². The number of nitrogens with zero attached hydrogens (tertiary/aromatic N) is 1. The fourth-order valence-electron chi connectivity index (χ4n) is 4.67. The van der Waals surface area contributed by atoms with Gasteiger partial charge in [-0.3, -0.25) is 9.59 Å². The number of hydrogen-bond donors (Lipinski definition) is 2. The molecule has 0 saturated carbocycles. The molecule has 0 aliphatic rings. The monoisotopic (exact) mass is 559 g/mol. The first-order chi connectivity index (χ1) is 19.8. The van der Waals surface area contributed by atoms with Crippen molar-refractivity contribution in [2.45, 2.75) is 45.6 Å².